The van der Waals surface area contributed by atoms with Crippen molar-refractivity contribution < 1.29 is 17.6 Å². The van der Waals surface area contributed by atoms with Crippen molar-refractivity contribution >= 4 is 31.5 Å². The molecular formula is C20H26F3NOSSi. The Labute approximate surface area is 164 Å². The first kappa shape index (κ1) is 21.7. The summed E-state index contributed by atoms with van der Waals surface area (Å²) in [5.74, 6) is 0.779. The fraction of sp³-hybridized carbons (Fsp3) is 0.400. The van der Waals surface area contributed by atoms with E-state index in [1.54, 1.807) is 12.3 Å². The number of nitrogens with one attached hydrogen (secondary N) is 1. The summed E-state index contributed by atoms with van der Waals surface area (Å²) in [4.78, 5) is 0.214. The molecule has 148 valence electrons. The summed E-state index contributed by atoms with van der Waals surface area (Å²) in [6, 6.07) is 11.6. The zero-order valence-corrected chi connectivity index (χ0v) is 18.3. The number of hydrogen-bond acceptors (Lipinski definition) is 3. The summed E-state index contributed by atoms with van der Waals surface area (Å²) in [5.41, 5.74) is 0.485. The van der Waals surface area contributed by atoms with Crippen LogP contribution in [-0.4, -0.2) is 14.6 Å². The molecule has 0 aromatic heterocycles. The first-order valence-corrected chi connectivity index (χ1v) is 12.8. The molecule has 0 atom stereocenters. The largest absolute Gasteiger partial charge is 0.544 e. The summed E-state index contributed by atoms with van der Waals surface area (Å²) < 4.78 is 45.8. The van der Waals surface area contributed by atoms with Crippen molar-refractivity contribution in [1.29, 1.82) is 0 Å². The number of benzene rings is 2. The number of alkyl halides is 3. The minimum atomic E-state index is -4.38. The Kier molecular flexibility index (Phi) is 6.26. The molecule has 0 unspecified atom stereocenters. The summed E-state index contributed by atoms with van der Waals surface area (Å²) >= 11 is 1.09. The smallest absolute Gasteiger partial charge is 0.417 e. The average molecular weight is 414 g/mol. The molecule has 7 heteroatoms. The highest BCUT2D eigenvalue weighted by molar-refractivity contribution is 7.98. The summed E-state index contributed by atoms with van der Waals surface area (Å²) in [5, 5.41) is 3.13. The molecule has 0 heterocycles. The highest BCUT2D eigenvalue weighted by Crippen LogP contribution is 2.39. The third-order valence-electron chi connectivity index (χ3n) is 4.83. The van der Waals surface area contributed by atoms with E-state index in [2.05, 4.69) is 39.2 Å². The van der Waals surface area contributed by atoms with Crippen LogP contribution in [0.15, 0.2) is 47.4 Å². The zero-order valence-electron chi connectivity index (χ0n) is 16.5. The van der Waals surface area contributed by atoms with Crippen molar-refractivity contribution in [2.24, 2.45) is 0 Å². The molecule has 2 aromatic rings. The molecule has 0 aliphatic heterocycles. The second-order valence-corrected chi connectivity index (χ2v) is 13.5. The van der Waals surface area contributed by atoms with E-state index in [1.807, 2.05) is 24.3 Å². The molecule has 2 nitrogen and oxygen atoms in total. The molecule has 0 amide bonds. The van der Waals surface area contributed by atoms with E-state index < -0.39 is 20.1 Å². The topological polar surface area (TPSA) is 21.3 Å². The van der Waals surface area contributed by atoms with Gasteiger partial charge in [-0.15, -0.1) is 11.8 Å². The van der Waals surface area contributed by atoms with Crippen LogP contribution in [0.5, 0.6) is 5.75 Å². The summed E-state index contributed by atoms with van der Waals surface area (Å²) in [7, 11) is -1.92. The van der Waals surface area contributed by atoms with Crippen molar-refractivity contribution in [1.82, 2.24) is 0 Å². The second-order valence-electron chi connectivity index (χ2n) is 7.92. The Hall–Kier alpha value is -1.60. The van der Waals surface area contributed by atoms with Crippen LogP contribution in [-0.2, 0) is 6.18 Å². The lowest BCUT2D eigenvalue weighted by atomic mass is 10.2. The summed E-state index contributed by atoms with van der Waals surface area (Å²) in [6.07, 6.45) is -2.74. The predicted octanol–water partition coefficient (Wildman–Crippen LogP) is 7.55. The van der Waals surface area contributed by atoms with Crippen LogP contribution in [0.25, 0.3) is 0 Å². The van der Waals surface area contributed by atoms with E-state index in [9.17, 15) is 13.2 Å². The highest BCUT2D eigenvalue weighted by Gasteiger charge is 2.39. The Morgan fingerprint density at radius 1 is 0.926 bits per heavy atom. The van der Waals surface area contributed by atoms with Gasteiger partial charge in [0.15, 0.2) is 0 Å². The molecule has 0 aliphatic carbocycles. The monoisotopic (exact) mass is 413 g/mol. The predicted molar refractivity (Wildman–Crippen MR) is 111 cm³/mol. The van der Waals surface area contributed by atoms with E-state index in [0.29, 0.717) is 11.4 Å². The van der Waals surface area contributed by atoms with E-state index in [4.69, 9.17) is 4.43 Å². The van der Waals surface area contributed by atoms with Crippen LogP contribution in [0.2, 0.25) is 18.1 Å². The maximum atomic E-state index is 13.2. The van der Waals surface area contributed by atoms with Gasteiger partial charge in [-0.3, -0.25) is 0 Å². The Balaban J connectivity index is 2.18. The first-order chi connectivity index (χ1) is 12.3. The van der Waals surface area contributed by atoms with Gasteiger partial charge in [0.2, 0.25) is 8.32 Å². The molecule has 2 rings (SSSR count). The molecule has 2 aromatic carbocycles. The van der Waals surface area contributed by atoms with Gasteiger partial charge in [0.25, 0.3) is 0 Å². The van der Waals surface area contributed by atoms with Crippen molar-refractivity contribution in [2.75, 3.05) is 11.6 Å². The van der Waals surface area contributed by atoms with Crippen LogP contribution >= 0.6 is 11.8 Å². The number of rotatable bonds is 5. The molecule has 1 N–H and O–H groups in total. The van der Waals surface area contributed by atoms with E-state index >= 15 is 0 Å². The Morgan fingerprint density at radius 3 is 1.96 bits per heavy atom. The lowest BCUT2D eigenvalue weighted by Gasteiger charge is -2.36. The van der Waals surface area contributed by atoms with Gasteiger partial charge in [-0.25, -0.2) is 0 Å². The maximum absolute atomic E-state index is 13.2. The van der Waals surface area contributed by atoms with Crippen LogP contribution in [0.3, 0.4) is 0 Å². The Bertz CT molecular complexity index is 783. The van der Waals surface area contributed by atoms with Crippen LogP contribution < -0.4 is 9.74 Å². The quantitative estimate of drug-likeness (QED) is 0.404. The number of thioether (sulfide) groups is 1. The molecule has 0 bridgehead atoms. The van der Waals surface area contributed by atoms with Crippen molar-refractivity contribution in [3.8, 4) is 5.75 Å². The van der Waals surface area contributed by atoms with Gasteiger partial charge < -0.3 is 9.74 Å². The molecule has 0 saturated heterocycles. The maximum Gasteiger partial charge on any atom is 0.417 e. The normalized spacial score (nSPS) is 12.8. The van der Waals surface area contributed by atoms with Crippen molar-refractivity contribution in [3.63, 3.8) is 0 Å². The molecule has 0 fully saturated rings. The molecule has 0 spiro atoms. The minimum absolute atomic E-state index is 0.0942. The lowest BCUT2D eigenvalue weighted by molar-refractivity contribution is -0.139. The van der Waals surface area contributed by atoms with Crippen molar-refractivity contribution in [2.45, 2.75) is 50.0 Å². The minimum Gasteiger partial charge on any atom is -0.544 e. The second kappa shape index (κ2) is 7.79. The van der Waals surface area contributed by atoms with Gasteiger partial charge in [-0.1, -0.05) is 20.8 Å². The number of anilines is 2. The van der Waals surface area contributed by atoms with Gasteiger partial charge in [0.1, 0.15) is 5.75 Å². The lowest BCUT2D eigenvalue weighted by Crippen LogP contribution is -2.43. The Morgan fingerprint density at radius 2 is 1.48 bits per heavy atom. The first-order valence-electron chi connectivity index (χ1n) is 8.65. The van der Waals surface area contributed by atoms with Gasteiger partial charge in [0.05, 0.1) is 5.56 Å². The molecular weight excluding hydrogens is 387 g/mol. The van der Waals surface area contributed by atoms with E-state index in [-0.39, 0.29) is 9.93 Å². The highest BCUT2D eigenvalue weighted by atomic mass is 32.2. The standard InChI is InChI=1S/C20H26F3NOSSi/c1-19(2,3)27(5,6)25-16-10-7-14(8-11-16)24-15-9-12-18(26-4)17(13-15)20(21,22)23/h7-13,24H,1-6H3. The number of halogens is 3. The third kappa shape index (κ3) is 5.45. The summed E-state index contributed by atoms with van der Waals surface area (Å²) in [6.45, 7) is 10.9. The van der Waals surface area contributed by atoms with Gasteiger partial charge in [-0.05, 0) is 66.9 Å². The van der Waals surface area contributed by atoms with E-state index in [0.717, 1.165) is 23.6 Å². The fourth-order valence-corrected chi connectivity index (χ4v) is 3.86. The van der Waals surface area contributed by atoms with E-state index in [1.165, 1.54) is 6.07 Å². The molecule has 0 aliphatic rings. The van der Waals surface area contributed by atoms with Crippen LogP contribution in [0, 0.1) is 0 Å². The average Bonchev–Trinajstić information content (AvgIpc) is 2.54. The van der Waals surface area contributed by atoms with Crippen molar-refractivity contribution in [3.05, 3.63) is 48.0 Å². The third-order valence-corrected chi connectivity index (χ3v) is 9.98. The SMILES string of the molecule is CSc1ccc(Nc2ccc(O[Si](C)(C)C(C)(C)C)cc2)cc1C(F)(F)F. The fourth-order valence-electron chi connectivity index (χ4n) is 2.23. The number of hydrogen-bond donors (Lipinski definition) is 1. The molecule has 27 heavy (non-hydrogen) atoms. The van der Waals surface area contributed by atoms with Crippen LogP contribution in [0.1, 0.15) is 26.3 Å². The van der Waals surface area contributed by atoms with Crippen LogP contribution in [0.4, 0.5) is 24.5 Å². The zero-order chi connectivity index (χ0) is 20.5. The van der Waals surface area contributed by atoms with Gasteiger partial charge in [-0.2, -0.15) is 13.2 Å². The molecule has 0 radical (unpaired) electrons. The van der Waals surface area contributed by atoms with Gasteiger partial charge in [0, 0.05) is 16.3 Å². The van der Waals surface area contributed by atoms with Gasteiger partial charge >= 0.3 is 6.18 Å². The molecule has 0 saturated carbocycles.